The van der Waals surface area contributed by atoms with Gasteiger partial charge in [0, 0.05) is 0 Å². The first kappa shape index (κ1) is 14.5. The number of aliphatic hydroxyl groups is 1. The maximum absolute atomic E-state index is 11.3. The number of esters is 1. The van der Waals surface area contributed by atoms with E-state index in [0.717, 1.165) is 0 Å². The van der Waals surface area contributed by atoms with E-state index in [1.807, 2.05) is 0 Å². The second-order valence-electron chi connectivity index (χ2n) is 3.03. The molecule has 0 radical (unpaired) electrons. The van der Waals surface area contributed by atoms with Crippen molar-refractivity contribution in [2.24, 2.45) is 10.2 Å². The lowest BCUT2D eigenvalue weighted by Crippen LogP contribution is -2.05. The number of azo groups is 1. The SMILES string of the molecule is CCOC(=O)C(=CO)N=Nc1ccc(Cl)c(Cl)c1. The highest BCUT2D eigenvalue weighted by Crippen LogP contribution is 2.27. The number of benzene rings is 1. The van der Waals surface area contributed by atoms with E-state index < -0.39 is 5.97 Å². The maximum Gasteiger partial charge on any atom is 0.362 e. The van der Waals surface area contributed by atoms with Gasteiger partial charge >= 0.3 is 5.97 Å². The fourth-order valence-corrected chi connectivity index (χ4v) is 1.28. The van der Waals surface area contributed by atoms with Crippen LogP contribution in [0.3, 0.4) is 0 Å². The number of hydrogen-bond acceptors (Lipinski definition) is 5. The van der Waals surface area contributed by atoms with Crippen LogP contribution in [0.1, 0.15) is 6.92 Å². The first-order valence-electron chi connectivity index (χ1n) is 4.96. The van der Waals surface area contributed by atoms with Gasteiger partial charge in [0.15, 0.2) is 0 Å². The molecule has 0 aliphatic carbocycles. The largest absolute Gasteiger partial charge is 0.513 e. The van der Waals surface area contributed by atoms with E-state index in [9.17, 15) is 4.79 Å². The number of carbonyl (C=O) groups excluding carboxylic acids is 1. The van der Waals surface area contributed by atoms with E-state index >= 15 is 0 Å². The molecule has 0 aromatic heterocycles. The van der Waals surface area contributed by atoms with E-state index in [1.54, 1.807) is 19.1 Å². The summed E-state index contributed by atoms with van der Waals surface area (Å²) >= 11 is 11.5. The quantitative estimate of drug-likeness (QED) is 0.393. The number of rotatable bonds is 4. The van der Waals surface area contributed by atoms with Crippen LogP contribution in [0.25, 0.3) is 0 Å². The topological polar surface area (TPSA) is 71.2 Å². The highest BCUT2D eigenvalue weighted by atomic mass is 35.5. The molecule has 0 fully saturated rings. The van der Waals surface area contributed by atoms with E-state index in [-0.39, 0.29) is 12.3 Å². The molecule has 0 bridgehead atoms. The van der Waals surface area contributed by atoms with Crippen molar-refractivity contribution >= 4 is 34.9 Å². The molecular formula is C11H10Cl2N2O3. The molecule has 96 valence electrons. The second-order valence-corrected chi connectivity index (χ2v) is 3.85. The average Bonchev–Trinajstić information content (AvgIpc) is 2.34. The molecule has 7 heteroatoms. The third-order valence-corrected chi connectivity index (χ3v) is 2.52. The molecule has 0 unspecified atom stereocenters. The van der Waals surface area contributed by atoms with Crippen molar-refractivity contribution in [3.8, 4) is 0 Å². The zero-order chi connectivity index (χ0) is 13.5. The monoisotopic (exact) mass is 288 g/mol. The molecule has 5 nitrogen and oxygen atoms in total. The lowest BCUT2D eigenvalue weighted by atomic mass is 10.3. The van der Waals surface area contributed by atoms with Crippen LogP contribution in [0.5, 0.6) is 0 Å². The van der Waals surface area contributed by atoms with Gasteiger partial charge in [-0.2, -0.15) is 5.11 Å². The summed E-state index contributed by atoms with van der Waals surface area (Å²) in [6.07, 6.45) is 0.527. The molecule has 1 aromatic rings. The zero-order valence-corrected chi connectivity index (χ0v) is 10.9. The minimum atomic E-state index is -0.760. The number of aliphatic hydroxyl groups excluding tert-OH is 1. The molecule has 0 atom stereocenters. The van der Waals surface area contributed by atoms with Gasteiger partial charge in [-0.3, -0.25) is 0 Å². The molecule has 0 heterocycles. The second kappa shape index (κ2) is 6.98. The van der Waals surface area contributed by atoms with Crippen LogP contribution in [0.2, 0.25) is 10.0 Å². The van der Waals surface area contributed by atoms with E-state index in [4.69, 9.17) is 28.3 Å². The van der Waals surface area contributed by atoms with Crippen molar-refractivity contribution in [1.29, 1.82) is 0 Å². The molecule has 0 aliphatic rings. The Morgan fingerprint density at radius 3 is 2.72 bits per heavy atom. The summed E-state index contributed by atoms with van der Waals surface area (Å²) in [6.45, 7) is 1.82. The first-order chi connectivity index (χ1) is 8.58. The van der Waals surface area contributed by atoms with Crippen LogP contribution in [0.4, 0.5) is 5.69 Å². The van der Waals surface area contributed by atoms with Crippen LogP contribution in [-0.2, 0) is 9.53 Å². The lowest BCUT2D eigenvalue weighted by molar-refractivity contribution is -0.138. The van der Waals surface area contributed by atoms with Gasteiger partial charge in [-0.05, 0) is 25.1 Å². The third-order valence-electron chi connectivity index (χ3n) is 1.78. The highest BCUT2D eigenvalue weighted by molar-refractivity contribution is 6.42. The first-order valence-corrected chi connectivity index (χ1v) is 5.72. The van der Waals surface area contributed by atoms with Crippen molar-refractivity contribution < 1.29 is 14.6 Å². The molecule has 1 rings (SSSR count). The fraction of sp³-hybridized carbons (Fsp3) is 0.182. The summed E-state index contributed by atoms with van der Waals surface area (Å²) in [4.78, 5) is 11.3. The average molecular weight is 289 g/mol. The molecule has 1 aromatic carbocycles. The van der Waals surface area contributed by atoms with Crippen LogP contribution in [0, 0.1) is 0 Å². The molecule has 1 N–H and O–H groups in total. The van der Waals surface area contributed by atoms with Crippen LogP contribution < -0.4 is 0 Å². The number of nitrogens with zero attached hydrogens (tertiary/aromatic N) is 2. The Balaban J connectivity index is 2.84. The number of hydrogen-bond donors (Lipinski definition) is 1. The van der Waals surface area contributed by atoms with Gasteiger partial charge in [0.25, 0.3) is 0 Å². The predicted octanol–water partition coefficient (Wildman–Crippen LogP) is 4.04. The van der Waals surface area contributed by atoms with E-state index in [1.165, 1.54) is 6.07 Å². The Bertz CT molecular complexity index is 501. The van der Waals surface area contributed by atoms with Gasteiger partial charge in [-0.1, -0.05) is 23.2 Å². The Morgan fingerprint density at radius 1 is 1.44 bits per heavy atom. The molecule has 18 heavy (non-hydrogen) atoms. The van der Waals surface area contributed by atoms with Crippen molar-refractivity contribution in [2.75, 3.05) is 6.61 Å². The molecule has 0 amide bonds. The summed E-state index contributed by atoms with van der Waals surface area (Å²) < 4.78 is 4.66. The molecule has 0 aliphatic heterocycles. The molecule has 0 spiro atoms. The summed E-state index contributed by atoms with van der Waals surface area (Å²) in [7, 11) is 0. The van der Waals surface area contributed by atoms with Gasteiger partial charge in [-0.25, -0.2) is 4.79 Å². The third kappa shape index (κ3) is 4.01. The smallest absolute Gasteiger partial charge is 0.362 e. The zero-order valence-electron chi connectivity index (χ0n) is 9.43. The predicted molar refractivity (Wildman–Crippen MR) is 68.3 cm³/mol. The fourth-order valence-electron chi connectivity index (χ4n) is 0.983. The van der Waals surface area contributed by atoms with Crippen molar-refractivity contribution in [1.82, 2.24) is 0 Å². The minimum absolute atomic E-state index is 0.179. The Kier molecular flexibility index (Phi) is 5.61. The summed E-state index contributed by atoms with van der Waals surface area (Å²) in [5.74, 6) is -0.760. The molecule has 0 saturated heterocycles. The van der Waals surface area contributed by atoms with Gasteiger partial charge in [0.05, 0.1) is 22.3 Å². The summed E-state index contributed by atoms with van der Waals surface area (Å²) in [6, 6.07) is 4.59. The maximum atomic E-state index is 11.3. The van der Waals surface area contributed by atoms with Crippen molar-refractivity contribution in [3.63, 3.8) is 0 Å². The van der Waals surface area contributed by atoms with Crippen molar-refractivity contribution in [3.05, 3.63) is 40.2 Å². The normalized spacial score (nSPS) is 11.8. The van der Waals surface area contributed by atoms with Gasteiger partial charge in [-0.15, -0.1) is 5.11 Å². The molecule has 0 saturated carbocycles. The number of carbonyl (C=O) groups is 1. The van der Waals surface area contributed by atoms with Gasteiger partial charge in [0.1, 0.15) is 6.26 Å². The molecular weight excluding hydrogens is 279 g/mol. The van der Waals surface area contributed by atoms with Crippen molar-refractivity contribution in [2.45, 2.75) is 6.92 Å². The number of halogens is 2. The Labute approximate surface area is 114 Å². The van der Waals surface area contributed by atoms with E-state index in [2.05, 4.69) is 15.0 Å². The van der Waals surface area contributed by atoms with Gasteiger partial charge in [0.2, 0.25) is 5.70 Å². The van der Waals surface area contributed by atoms with Gasteiger partial charge < -0.3 is 9.84 Å². The van der Waals surface area contributed by atoms with Crippen LogP contribution >= 0.6 is 23.2 Å². The van der Waals surface area contributed by atoms with Crippen LogP contribution in [0.15, 0.2) is 40.4 Å². The summed E-state index contributed by atoms with van der Waals surface area (Å²) in [5.41, 5.74) is 0.0935. The Morgan fingerprint density at radius 2 is 2.17 bits per heavy atom. The number of ether oxygens (including phenoxy) is 1. The van der Waals surface area contributed by atoms with Crippen LogP contribution in [-0.4, -0.2) is 17.7 Å². The van der Waals surface area contributed by atoms with E-state index in [0.29, 0.717) is 22.0 Å². The highest BCUT2D eigenvalue weighted by Gasteiger charge is 2.09. The minimum Gasteiger partial charge on any atom is -0.513 e. The standard InChI is InChI=1S/C11H10Cl2N2O3/c1-2-18-11(17)10(6-16)15-14-7-3-4-8(12)9(13)5-7/h3-6,16H,2H2,1H3. The Hall–Kier alpha value is -1.59. The summed E-state index contributed by atoms with van der Waals surface area (Å²) in [5, 5.41) is 16.8. The lowest BCUT2D eigenvalue weighted by Gasteiger charge is -1.99.